The summed E-state index contributed by atoms with van der Waals surface area (Å²) in [5.41, 5.74) is 0. The van der Waals surface area contributed by atoms with Crippen molar-refractivity contribution in [2.45, 2.75) is 52.4 Å². The molecule has 2 aliphatic rings. The lowest BCUT2D eigenvalue weighted by molar-refractivity contribution is -0.123. The highest BCUT2D eigenvalue weighted by molar-refractivity contribution is 5.79. The molecule has 0 bridgehead atoms. The summed E-state index contributed by atoms with van der Waals surface area (Å²) in [5.74, 6) is 3.94. The number of ketones is 1. The Bertz CT molecular complexity index is 219. The van der Waals surface area contributed by atoms with Gasteiger partial charge in [0.2, 0.25) is 0 Å². The lowest BCUT2D eigenvalue weighted by Crippen LogP contribution is -2.32. The zero-order chi connectivity index (χ0) is 10.1. The van der Waals surface area contributed by atoms with Gasteiger partial charge in [-0.25, -0.2) is 0 Å². The summed E-state index contributed by atoms with van der Waals surface area (Å²) >= 11 is 0. The van der Waals surface area contributed by atoms with E-state index in [-0.39, 0.29) is 0 Å². The summed E-state index contributed by atoms with van der Waals surface area (Å²) in [6, 6.07) is 0. The maximum atomic E-state index is 11.3. The van der Waals surface area contributed by atoms with Gasteiger partial charge >= 0.3 is 0 Å². The smallest absolute Gasteiger partial charge is 0.133 e. The minimum absolute atomic E-state index is 0.522. The first-order valence-electron chi connectivity index (χ1n) is 6.18. The molecular weight excluding hydrogens is 172 g/mol. The van der Waals surface area contributed by atoms with E-state index >= 15 is 0 Å². The van der Waals surface area contributed by atoms with Crippen molar-refractivity contribution in [1.29, 1.82) is 0 Å². The van der Waals surface area contributed by atoms with Crippen LogP contribution in [0.1, 0.15) is 52.4 Å². The number of rotatable bonds is 1. The molecule has 0 unspecified atom stereocenters. The van der Waals surface area contributed by atoms with Crippen molar-refractivity contribution in [3.63, 3.8) is 0 Å². The maximum Gasteiger partial charge on any atom is 0.133 e. The van der Waals surface area contributed by atoms with Crippen molar-refractivity contribution in [1.82, 2.24) is 0 Å². The standard InChI is InChI=1S/C13H22O/c1-9(2)10-3-4-12-8-13(14)6-5-11(12)7-10/h9-12H,3-8H2,1-2H3/t10-,11+,12+/m1/s1. The molecular formula is C13H22O. The summed E-state index contributed by atoms with van der Waals surface area (Å²) in [6.45, 7) is 4.69. The Balaban J connectivity index is 1.94. The van der Waals surface area contributed by atoms with Crippen LogP contribution in [0.3, 0.4) is 0 Å². The molecule has 1 nitrogen and oxygen atoms in total. The molecule has 0 N–H and O–H groups in total. The Morgan fingerprint density at radius 1 is 1.14 bits per heavy atom. The molecule has 0 spiro atoms. The van der Waals surface area contributed by atoms with E-state index in [2.05, 4.69) is 13.8 Å². The third-order valence-electron chi connectivity index (χ3n) is 4.41. The average molecular weight is 194 g/mol. The van der Waals surface area contributed by atoms with Crippen LogP contribution in [-0.4, -0.2) is 5.78 Å². The highest BCUT2D eigenvalue weighted by Crippen LogP contribution is 2.43. The number of Topliss-reactive ketones (excluding diaryl/α,β-unsaturated/α-hetero) is 1. The molecule has 2 aliphatic carbocycles. The van der Waals surface area contributed by atoms with Crippen molar-refractivity contribution in [2.24, 2.45) is 23.7 Å². The Morgan fingerprint density at radius 2 is 1.93 bits per heavy atom. The topological polar surface area (TPSA) is 17.1 Å². The molecule has 0 radical (unpaired) electrons. The molecule has 2 saturated carbocycles. The minimum atomic E-state index is 0.522. The van der Waals surface area contributed by atoms with E-state index in [1.54, 1.807) is 0 Å². The predicted octanol–water partition coefficient (Wildman–Crippen LogP) is 3.43. The Morgan fingerprint density at radius 3 is 2.64 bits per heavy atom. The fourth-order valence-electron chi connectivity index (χ4n) is 3.33. The van der Waals surface area contributed by atoms with Gasteiger partial charge in [0.05, 0.1) is 0 Å². The van der Waals surface area contributed by atoms with Gasteiger partial charge in [0.15, 0.2) is 0 Å². The van der Waals surface area contributed by atoms with Gasteiger partial charge in [-0.2, -0.15) is 0 Å². The molecule has 0 saturated heterocycles. The van der Waals surface area contributed by atoms with E-state index in [0.717, 1.165) is 36.5 Å². The normalized spacial score (nSPS) is 38.5. The van der Waals surface area contributed by atoms with Crippen LogP contribution in [0.5, 0.6) is 0 Å². The zero-order valence-electron chi connectivity index (χ0n) is 9.46. The summed E-state index contributed by atoms with van der Waals surface area (Å²) < 4.78 is 0. The highest BCUT2D eigenvalue weighted by Gasteiger charge is 2.35. The molecule has 0 aromatic carbocycles. The van der Waals surface area contributed by atoms with E-state index < -0.39 is 0 Å². The van der Waals surface area contributed by atoms with Crippen LogP contribution in [0, 0.1) is 23.7 Å². The van der Waals surface area contributed by atoms with Crippen molar-refractivity contribution in [3.05, 3.63) is 0 Å². The lowest BCUT2D eigenvalue weighted by atomic mass is 9.65. The van der Waals surface area contributed by atoms with Crippen LogP contribution in [0.25, 0.3) is 0 Å². The summed E-state index contributed by atoms with van der Waals surface area (Å²) in [4.78, 5) is 11.3. The summed E-state index contributed by atoms with van der Waals surface area (Å²) in [5, 5.41) is 0. The van der Waals surface area contributed by atoms with E-state index in [1.807, 2.05) is 0 Å². The molecule has 14 heavy (non-hydrogen) atoms. The lowest BCUT2D eigenvalue weighted by Gasteiger charge is -2.40. The maximum absolute atomic E-state index is 11.3. The van der Waals surface area contributed by atoms with Crippen molar-refractivity contribution in [2.75, 3.05) is 0 Å². The van der Waals surface area contributed by atoms with Crippen LogP contribution < -0.4 is 0 Å². The first-order chi connectivity index (χ1) is 6.66. The number of hydrogen-bond acceptors (Lipinski definition) is 1. The first kappa shape index (κ1) is 10.2. The molecule has 1 heteroatoms. The fraction of sp³-hybridized carbons (Fsp3) is 0.923. The van der Waals surface area contributed by atoms with E-state index in [9.17, 15) is 4.79 Å². The van der Waals surface area contributed by atoms with Gasteiger partial charge in [0.25, 0.3) is 0 Å². The van der Waals surface area contributed by atoms with E-state index in [1.165, 1.54) is 25.7 Å². The van der Waals surface area contributed by atoms with Crippen molar-refractivity contribution < 1.29 is 4.79 Å². The quantitative estimate of drug-likeness (QED) is 0.625. The third-order valence-corrected chi connectivity index (χ3v) is 4.41. The predicted molar refractivity (Wildman–Crippen MR) is 58.0 cm³/mol. The second kappa shape index (κ2) is 4.04. The molecule has 3 atom stereocenters. The van der Waals surface area contributed by atoms with Gasteiger partial charge in [-0.05, 0) is 49.4 Å². The second-order valence-corrected chi connectivity index (χ2v) is 5.62. The number of fused-ring (bicyclic) bond motifs is 1. The van der Waals surface area contributed by atoms with Crippen LogP contribution in [-0.2, 0) is 4.79 Å². The SMILES string of the molecule is CC(C)[C@@H]1CC[C@H]2CC(=O)CC[C@H]2C1. The Kier molecular flexibility index (Phi) is 2.94. The van der Waals surface area contributed by atoms with Gasteiger partial charge in [0, 0.05) is 12.8 Å². The molecule has 2 rings (SSSR count). The Labute approximate surface area is 87.3 Å². The Hall–Kier alpha value is -0.330. The van der Waals surface area contributed by atoms with Crippen molar-refractivity contribution in [3.8, 4) is 0 Å². The summed E-state index contributed by atoms with van der Waals surface area (Å²) in [7, 11) is 0. The van der Waals surface area contributed by atoms with Crippen molar-refractivity contribution >= 4 is 5.78 Å². The number of carbonyl (C=O) groups is 1. The molecule has 2 fully saturated rings. The molecule has 80 valence electrons. The average Bonchev–Trinajstić information content (AvgIpc) is 2.16. The second-order valence-electron chi connectivity index (χ2n) is 5.62. The van der Waals surface area contributed by atoms with Gasteiger partial charge in [-0.1, -0.05) is 13.8 Å². The monoisotopic (exact) mass is 194 g/mol. The first-order valence-corrected chi connectivity index (χ1v) is 6.18. The fourth-order valence-corrected chi connectivity index (χ4v) is 3.33. The minimum Gasteiger partial charge on any atom is -0.300 e. The van der Waals surface area contributed by atoms with Gasteiger partial charge in [0.1, 0.15) is 5.78 Å². The van der Waals surface area contributed by atoms with Gasteiger partial charge in [-0.3, -0.25) is 4.79 Å². The molecule has 0 heterocycles. The zero-order valence-corrected chi connectivity index (χ0v) is 9.46. The van der Waals surface area contributed by atoms with Crippen LogP contribution >= 0.6 is 0 Å². The van der Waals surface area contributed by atoms with Crippen LogP contribution in [0.2, 0.25) is 0 Å². The molecule has 0 aromatic heterocycles. The molecule has 0 aromatic rings. The number of carbonyl (C=O) groups excluding carboxylic acids is 1. The van der Waals surface area contributed by atoms with E-state index in [0.29, 0.717) is 5.78 Å². The summed E-state index contributed by atoms with van der Waals surface area (Å²) in [6.07, 6.45) is 7.04. The van der Waals surface area contributed by atoms with Gasteiger partial charge < -0.3 is 0 Å². The molecule has 0 amide bonds. The number of hydrogen-bond donors (Lipinski definition) is 0. The molecule has 0 aliphatic heterocycles. The van der Waals surface area contributed by atoms with Crippen LogP contribution in [0.4, 0.5) is 0 Å². The highest BCUT2D eigenvalue weighted by atomic mass is 16.1. The van der Waals surface area contributed by atoms with Crippen LogP contribution in [0.15, 0.2) is 0 Å². The largest absolute Gasteiger partial charge is 0.300 e. The van der Waals surface area contributed by atoms with E-state index in [4.69, 9.17) is 0 Å². The third kappa shape index (κ3) is 2.02. The van der Waals surface area contributed by atoms with Gasteiger partial charge in [-0.15, -0.1) is 0 Å².